The van der Waals surface area contributed by atoms with Crippen LogP contribution in [0.4, 0.5) is 4.79 Å². The molecule has 0 heterocycles. The molecule has 2 rings (SSSR count). The summed E-state index contributed by atoms with van der Waals surface area (Å²) in [5.74, 6) is 0.665. The van der Waals surface area contributed by atoms with E-state index in [0.29, 0.717) is 24.8 Å². The minimum atomic E-state index is -0.372. The molecular weight excluding hydrogens is 280 g/mol. The molecule has 5 heteroatoms. The Morgan fingerprint density at radius 2 is 1.73 bits per heavy atom. The highest BCUT2D eigenvalue weighted by Gasteiger charge is 2.22. The molecule has 1 aliphatic carbocycles. The van der Waals surface area contributed by atoms with E-state index in [2.05, 4.69) is 5.32 Å². The third-order valence-electron chi connectivity index (χ3n) is 4.20. The van der Waals surface area contributed by atoms with Crippen LogP contribution in [-0.4, -0.2) is 18.5 Å². The number of amides is 2. The lowest BCUT2D eigenvalue weighted by atomic mass is 9.80. The van der Waals surface area contributed by atoms with E-state index in [1.807, 2.05) is 30.3 Å². The molecule has 0 bridgehead atoms. The Morgan fingerprint density at radius 3 is 2.36 bits per heavy atom. The topological polar surface area (TPSA) is 81.4 Å². The van der Waals surface area contributed by atoms with Crippen molar-refractivity contribution >= 4 is 12.0 Å². The van der Waals surface area contributed by atoms with Gasteiger partial charge in [-0.2, -0.15) is 0 Å². The van der Waals surface area contributed by atoms with E-state index in [9.17, 15) is 9.59 Å². The summed E-state index contributed by atoms with van der Waals surface area (Å²) in [4.78, 5) is 22.6. The summed E-state index contributed by atoms with van der Waals surface area (Å²) in [5.41, 5.74) is 6.20. The molecule has 0 atom stereocenters. The average molecular weight is 304 g/mol. The smallest absolute Gasteiger partial charge is 0.407 e. The molecule has 0 radical (unpaired) electrons. The molecular formula is C17H24N2O3. The quantitative estimate of drug-likeness (QED) is 0.847. The van der Waals surface area contributed by atoms with E-state index in [1.165, 1.54) is 0 Å². The van der Waals surface area contributed by atoms with Crippen LogP contribution < -0.4 is 11.1 Å². The maximum atomic E-state index is 11.7. The fourth-order valence-electron chi connectivity index (χ4n) is 2.93. The summed E-state index contributed by atoms with van der Waals surface area (Å²) >= 11 is 0. The Kier molecular flexibility index (Phi) is 6.25. The van der Waals surface area contributed by atoms with Gasteiger partial charge in [-0.05, 0) is 43.1 Å². The number of rotatable bonds is 6. The summed E-state index contributed by atoms with van der Waals surface area (Å²) < 4.78 is 5.18. The minimum Gasteiger partial charge on any atom is -0.445 e. The second kappa shape index (κ2) is 8.41. The van der Waals surface area contributed by atoms with Gasteiger partial charge in [-0.25, -0.2) is 4.79 Å². The van der Waals surface area contributed by atoms with E-state index < -0.39 is 0 Å². The predicted octanol–water partition coefficient (Wildman–Crippen LogP) is 2.59. The van der Waals surface area contributed by atoms with Crippen LogP contribution in [0.3, 0.4) is 0 Å². The van der Waals surface area contributed by atoms with Crippen LogP contribution >= 0.6 is 0 Å². The first-order valence-corrected chi connectivity index (χ1v) is 7.86. The Bertz CT molecular complexity index is 482. The van der Waals surface area contributed by atoms with Crippen LogP contribution in [-0.2, 0) is 16.1 Å². The van der Waals surface area contributed by atoms with Gasteiger partial charge >= 0.3 is 6.09 Å². The molecule has 1 aromatic rings. The normalized spacial score (nSPS) is 21.1. The lowest BCUT2D eigenvalue weighted by Crippen LogP contribution is -2.32. The van der Waals surface area contributed by atoms with Gasteiger partial charge < -0.3 is 15.8 Å². The molecule has 1 aliphatic rings. The van der Waals surface area contributed by atoms with Crippen molar-refractivity contribution < 1.29 is 14.3 Å². The molecule has 1 saturated carbocycles. The van der Waals surface area contributed by atoms with Crippen molar-refractivity contribution in [2.75, 3.05) is 6.54 Å². The van der Waals surface area contributed by atoms with Crippen LogP contribution in [0.2, 0.25) is 0 Å². The molecule has 0 aromatic heterocycles. The van der Waals surface area contributed by atoms with Crippen LogP contribution in [0, 0.1) is 11.8 Å². The summed E-state index contributed by atoms with van der Waals surface area (Å²) in [6.45, 7) is 0.926. The zero-order valence-electron chi connectivity index (χ0n) is 12.8. The molecule has 120 valence electrons. The van der Waals surface area contributed by atoms with Gasteiger partial charge in [-0.15, -0.1) is 0 Å². The van der Waals surface area contributed by atoms with Crippen LogP contribution in [0.1, 0.15) is 37.7 Å². The number of benzene rings is 1. The maximum Gasteiger partial charge on any atom is 0.407 e. The monoisotopic (exact) mass is 304 g/mol. The molecule has 0 unspecified atom stereocenters. The van der Waals surface area contributed by atoms with Gasteiger partial charge in [0.25, 0.3) is 0 Å². The maximum absolute atomic E-state index is 11.7. The van der Waals surface area contributed by atoms with Crippen molar-refractivity contribution in [1.82, 2.24) is 5.32 Å². The summed E-state index contributed by atoms with van der Waals surface area (Å²) in [5, 5.41) is 2.83. The van der Waals surface area contributed by atoms with Crippen molar-refractivity contribution in [3.63, 3.8) is 0 Å². The minimum absolute atomic E-state index is 0.217. The fourth-order valence-corrected chi connectivity index (χ4v) is 2.93. The number of hydrogen-bond donors (Lipinski definition) is 2. The largest absolute Gasteiger partial charge is 0.445 e. The lowest BCUT2D eigenvalue weighted by Gasteiger charge is -2.27. The fraction of sp³-hybridized carbons (Fsp3) is 0.529. The van der Waals surface area contributed by atoms with Gasteiger partial charge in [0.05, 0.1) is 0 Å². The Hall–Kier alpha value is -2.04. The Labute approximate surface area is 131 Å². The highest BCUT2D eigenvalue weighted by Crippen LogP contribution is 2.30. The third kappa shape index (κ3) is 5.76. The molecule has 1 fully saturated rings. The SMILES string of the molecule is NC(=O)CC1CCC(CNC(=O)OCc2ccccc2)CC1. The summed E-state index contributed by atoms with van der Waals surface area (Å²) in [7, 11) is 0. The van der Waals surface area contributed by atoms with Crippen LogP contribution in [0.25, 0.3) is 0 Å². The molecule has 0 aliphatic heterocycles. The van der Waals surface area contributed by atoms with E-state index in [4.69, 9.17) is 10.5 Å². The van der Waals surface area contributed by atoms with E-state index in [0.717, 1.165) is 31.2 Å². The zero-order chi connectivity index (χ0) is 15.8. The summed E-state index contributed by atoms with van der Waals surface area (Å²) in [6, 6.07) is 9.61. The number of nitrogens with two attached hydrogens (primary N) is 1. The van der Waals surface area contributed by atoms with Crippen LogP contribution in [0.15, 0.2) is 30.3 Å². The number of carbonyl (C=O) groups is 2. The number of nitrogens with one attached hydrogen (secondary N) is 1. The van der Waals surface area contributed by atoms with Gasteiger partial charge in [-0.1, -0.05) is 30.3 Å². The standard InChI is InChI=1S/C17H24N2O3/c18-16(20)10-13-6-8-14(9-7-13)11-19-17(21)22-12-15-4-2-1-3-5-15/h1-5,13-14H,6-12H2,(H2,18,20)(H,19,21). The molecule has 2 amide bonds. The number of hydrogen-bond acceptors (Lipinski definition) is 3. The predicted molar refractivity (Wildman–Crippen MR) is 83.9 cm³/mol. The van der Waals surface area contributed by atoms with Crippen molar-refractivity contribution in [2.24, 2.45) is 17.6 Å². The lowest BCUT2D eigenvalue weighted by molar-refractivity contribution is -0.119. The third-order valence-corrected chi connectivity index (χ3v) is 4.20. The molecule has 0 saturated heterocycles. The number of primary amides is 1. The Morgan fingerprint density at radius 1 is 1.09 bits per heavy atom. The molecule has 22 heavy (non-hydrogen) atoms. The van der Waals surface area contributed by atoms with Gasteiger partial charge in [0.15, 0.2) is 0 Å². The van der Waals surface area contributed by atoms with Gasteiger partial charge in [0.2, 0.25) is 5.91 Å². The van der Waals surface area contributed by atoms with Gasteiger partial charge in [0.1, 0.15) is 6.61 Å². The molecule has 3 N–H and O–H groups in total. The number of alkyl carbamates (subject to hydrolysis) is 1. The second-order valence-electron chi connectivity index (χ2n) is 6.00. The number of carbonyl (C=O) groups excluding carboxylic acids is 2. The average Bonchev–Trinajstić information content (AvgIpc) is 2.53. The number of ether oxygens (including phenoxy) is 1. The van der Waals surface area contributed by atoms with E-state index >= 15 is 0 Å². The van der Waals surface area contributed by atoms with Crippen molar-refractivity contribution in [2.45, 2.75) is 38.7 Å². The van der Waals surface area contributed by atoms with Crippen molar-refractivity contribution in [3.05, 3.63) is 35.9 Å². The van der Waals surface area contributed by atoms with E-state index in [1.54, 1.807) is 0 Å². The molecule has 0 spiro atoms. The first-order valence-electron chi connectivity index (χ1n) is 7.86. The van der Waals surface area contributed by atoms with Gasteiger partial charge in [-0.3, -0.25) is 4.79 Å². The second-order valence-corrected chi connectivity index (χ2v) is 6.00. The van der Waals surface area contributed by atoms with E-state index in [-0.39, 0.29) is 18.6 Å². The first kappa shape index (κ1) is 16.3. The zero-order valence-corrected chi connectivity index (χ0v) is 12.8. The highest BCUT2D eigenvalue weighted by atomic mass is 16.5. The Balaban J connectivity index is 1.60. The molecule has 5 nitrogen and oxygen atoms in total. The van der Waals surface area contributed by atoms with Crippen LogP contribution in [0.5, 0.6) is 0 Å². The first-order chi connectivity index (χ1) is 10.6. The highest BCUT2D eigenvalue weighted by molar-refractivity contribution is 5.74. The summed E-state index contributed by atoms with van der Waals surface area (Å²) in [6.07, 6.45) is 4.18. The molecule has 1 aromatic carbocycles. The van der Waals surface area contributed by atoms with Crippen molar-refractivity contribution in [3.8, 4) is 0 Å². The van der Waals surface area contributed by atoms with Crippen molar-refractivity contribution in [1.29, 1.82) is 0 Å². The van der Waals surface area contributed by atoms with Gasteiger partial charge in [0, 0.05) is 13.0 Å².